The molecular formula is C24H25ClN2O5. The summed E-state index contributed by atoms with van der Waals surface area (Å²) in [6, 6.07) is 12.2. The van der Waals surface area contributed by atoms with Gasteiger partial charge in [0.25, 0.3) is 5.91 Å². The minimum absolute atomic E-state index is 0.0229. The Hall–Kier alpha value is -3.06. The Kier molecular flexibility index (Phi) is 6.37. The Morgan fingerprint density at radius 2 is 1.88 bits per heavy atom. The zero-order valence-corrected chi connectivity index (χ0v) is 18.6. The number of ketones is 1. The van der Waals surface area contributed by atoms with E-state index < -0.39 is 5.60 Å². The maximum Gasteiger partial charge on any atom is 0.258 e. The first-order valence-corrected chi connectivity index (χ1v) is 11.0. The van der Waals surface area contributed by atoms with Gasteiger partial charge in [-0.15, -0.1) is 0 Å². The van der Waals surface area contributed by atoms with Crippen LogP contribution in [0.1, 0.15) is 42.1 Å². The fraction of sp³-hybridized carbons (Fsp3) is 0.375. The van der Waals surface area contributed by atoms with E-state index in [2.05, 4.69) is 5.32 Å². The van der Waals surface area contributed by atoms with Crippen LogP contribution in [0.2, 0.25) is 5.02 Å². The fourth-order valence-corrected chi connectivity index (χ4v) is 4.20. The summed E-state index contributed by atoms with van der Waals surface area (Å²) in [5.74, 6) is 0.720. The summed E-state index contributed by atoms with van der Waals surface area (Å²) in [6.45, 7) is 2.92. The van der Waals surface area contributed by atoms with Crippen LogP contribution in [0, 0.1) is 0 Å². The molecule has 1 saturated heterocycles. The van der Waals surface area contributed by atoms with Crippen molar-refractivity contribution in [2.45, 2.75) is 38.3 Å². The summed E-state index contributed by atoms with van der Waals surface area (Å²) >= 11 is 5.86. The number of rotatable bonds is 5. The number of carbonyl (C=O) groups is 3. The van der Waals surface area contributed by atoms with Gasteiger partial charge in [0.05, 0.1) is 12.0 Å². The van der Waals surface area contributed by atoms with E-state index in [-0.39, 0.29) is 24.2 Å². The van der Waals surface area contributed by atoms with Crippen molar-refractivity contribution in [1.82, 2.24) is 10.2 Å². The van der Waals surface area contributed by atoms with E-state index >= 15 is 0 Å². The number of fused-ring (bicyclic) bond motifs is 1. The zero-order chi connectivity index (χ0) is 22.7. The van der Waals surface area contributed by atoms with Gasteiger partial charge >= 0.3 is 0 Å². The van der Waals surface area contributed by atoms with Gasteiger partial charge in [-0.05, 0) is 29.8 Å². The van der Waals surface area contributed by atoms with Gasteiger partial charge in [-0.1, -0.05) is 23.7 Å². The van der Waals surface area contributed by atoms with E-state index in [1.165, 1.54) is 0 Å². The van der Waals surface area contributed by atoms with Crippen LogP contribution in [0.25, 0.3) is 0 Å². The number of hydrogen-bond donors (Lipinski definition) is 1. The molecule has 2 aromatic rings. The van der Waals surface area contributed by atoms with Crippen LogP contribution in [-0.2, 0) is 16.1 Å². The van der Waals surface area contributed by atoms with Crippen LogP contribution in [0.3, 0.4) is 0 Å². The Morgan fingerprint density at radius 3 is 2.56 bits per heavy atom. The molecule has 168 valence electrons. The van der Waals surface area contributed by atoms with Gasteiger partial charge in [0.2, 0.25) is 5.91 Å². The number of nitrogens with zero attached hydrogens (tertiary/aromatic N) is 1. The smallest absolute Gasteiger partial charge is 0.258 e. The summed E-state index contributed by atoms with van der Waals surface area (Å²) in [7, 11) is 0. The Morgan fingerprint density at radius 1 is 1.16 bits per heavy atom. The highest BCUT2D eigenvalue weighted by atomic mass is 35.5. The third kappa shape index (κ3) is 5.05. The molecule has 2 heterocycles. The highest BCUT2D eigenvalue weighted by Gasteiger charge is 2.43. The fourth-order valence-electron chi connectivity index (χ4n) is 4.08. The van der Waals surface area contributed by atoms with E-state index in [1.54, 1.807) is 42.2 Å². The minimum atomic E-state index is -0.593. The number of ether oxygens (including phenoxy) is 2. The summed E-state index contributed by atoms with van der Waals surface area (Å²) < 4.78 is 11.9. The molecule has 0 aliphatic carbocycles. The van der Waals surface area contributed by atoms with Crippen molar-refractivity contribution in [1.29, 1.82) is 0 Å². The summed E-state index contributed by atoms with van der Waals surface area (Å²) in [5.41, 5.74) is 0.860. The molecule has 0 unspecified atom stereocenters. The van der Waals surface area contributed by atoms with Crippen molar-refractivity contribution in [2.24, 2.45) is 0 Å². The van der Waals surface area contributed by atoms with Crippen LogP contribution in [0.5, 0.6) is 11.5 Å². The van der Waals surface area contributed by atoms with Gasteiger partial charge in [0.15, 0.2) is 12.4 Å². The maximum absolute atomic E-state index is 12.7. The number of amides is 2. The van der Waals surface area contributed by atoms with Gasteiger partial charge < -0.3 is 19.7 Å². The van der Waals surface area contributed by atoms with Gasteiger partial charge in [0, 0.05) is 50.5 Å². The second-order valence-electron chi connectivity index (χ2n) is 8.24. The molecule has 0 atom stereocenters. The minimum Gasteiger partial charge on any atom is -0.486 e. The summed E-state index contributed by atoms with van der Waals surface area (Å²) in [4.78, 5) is 38.2. The number of Topliss-reactive ketones (excluding diaryl/α,β-unsaturated/α-hetero) is 1. The molecule has 2 aliphatic heterocycles. The monoisotopic (exact) mass is 456 g/mol. The second kappa shape index (κ2) is 9.20. The molecule has 2 aliphatic rings. The molecule has 7 nitrogen and oxygen atoms in total. The lowest BCUT2D eigenvalue weighted by Crippen LogP contribution is -2.51. The quantitative estimate of drug-likeness (QED) is 0.745. The van der Waals surface area contributed by atoms with Crippen LogP contribution < -0.4 is 14.8 Å². The van der Waals surface area contributed by atoms with Gasteiger partial charge in [-0.25, -0.2) is 0 Å². The molecule has 2 aromatic carbocycles. The molecule has 2 amide bonds. The van der Waals surface area contributed by atoms with Crippen LogP contribution in [-0.4, -0.2) is 47.8 Å². The Labute approximate surface area is 191 Å². The predicted octanol–water partition coefficient (Wildman–Crippen LogP) is 3.38. The van der Waals surface area contributed by atoms with E-state index in [9.17, 15) is 14.4 Å². The molecule has 4 rings (SSSR count). The third-order valence-electron chi connectivity index (χ3n) is 5.96. The van der Waals surface area contributed by atoms with Crippen molar-refractivity contribution < 1.29 is 23.9 Å². The zero-order valence-electron chi connectivity index (χ0n) is 17.9. The Bertz CT molecular complexity index is 1030. The van der Waals surface area contributed by atoms with Gasteiger partial charge in [-0.3, -0.25) is 14.4 Å². The normalized spacial score (nSPS) is 16.8. The molecule has 32 heavy (non-hydrogen) atoms. The molecule has 8 heteroatoms. The average Bonchev–Trinajstić information content (AvgIpc) is 2.77. The molecule has 0 bridgehead atoms. The molecular weight excluding hydrogens is 432 g/mol. The van der Waals surface area contributed by atoms with Gasteiger partial charge in [0.1, 0.15) is 17.1 Å². The van der Waals surface area contributed by atoms with Gasteiger partial charge in [-0.2, -0.15) is 0 Å². The topological polar surface area (TPSA) is 84.9 Å². The highest BCUT2D eigenvalue weighted by Crippen LogP contribution is 2.40. The largest absolute Gasteiger partial charge is 0.486 e. The summed E-state index contributed by atoms with van der Waals surface area (Å²) in [6.07, 6.45) is 1.52. The maximum atomic E-state index is 12.7. The molecule has 0 saturated carbocycles. The van der Waals surface area contributed by atoms with Crippen molar-refractivity contribution in [3.05, 3.63) is 58.6 Å². The van der Waals surface area contributed by atoms with Crippen molar-refractivity contribution in [3.63, 3.8) is 0 Å². The van der Waals surface area contributed by atoms with E-state index in [4.69, 9.17) is 21.1 Å². The Balaban J connectivity index is 1.35. The average molecular weight is 457 g/mol. The lowest BCUT2D eigenvalue weighted by Gasteiger charge is -2.43. The molecule has 1 N–H and O–H groups in total. The highest BCUT2D eigenvalue weighted by molar-refractivity contribution is 6.30. The number of nitrogens with one attached hydrogen (secondary N) is 1. The van der Waals surface area contributed by atoms with Crippen LogP contribution in [0.15, 0.2) is 42.5 Å². The van der Waals surface area contributed by atoms with Crippen LogP contribution in [0.4, 0.5) is 0 Å². The van der Waals surface area contributed by atoms with Crippen molar-refractivity contribution in [3.8, 4) is 11.5 Å². The van der Waals surface area contributed by atoms with E-state index in [1.807, 2.05) is 12.1 Å². The first-order chi connectivity index (χ1) is 15.3. The van der Waals surface area contributed by atoms with E-state index in [0.717, 1.165) is 5.56 Å². The van der Waals surface area contributed by atoms with Crippen molar-refractivity contribution >= 4 is 29.2 Å². The van der Waals surface area contributed by atoms with Crippen molar-refractivity contribution in [2.75, 3.05) is 19.7 Å². The second-order valence-corrected chi connectivity index (χ2v) is 8.68. The number of halogens is 1. The molecule has 0 aromatic heterocycles. The summed E-state index contributed by atoms with van der Waals surface area (Å²) in [5, 5.41) is 3.43. The molecule has 1 spiro atoms. The number of piperidine rings is 1. The first-order valence-electron chi connectivity index (χ1n) is 10.6. The predicted molar refractivity (Wildman–Crippen MR) is 119 cm³/mol. The third-order valence-corrected chi connectivity index (χ3v) is 6.21. The molecule has 1 fully saturated rings. The lowest BCUT2D eigenvalue weighted by molar-refractivity contribution is -0.132. The number of benzene rings is 2. The standard InChI is InChI=1S/C24H25ClN2O5/c1-16(28)27-10-8-24(9-11-27)13-21(29)20-7-6-19(12-22(20)32-24)31-15-23(30)26-14-17-2-4-18(25)5-3-17/h2-7,12H,8-11,13-15H2,1H3,(H,26,30). The SMILES string of the molecule is CC(=O)N1CCC2(CC1)CC(=O)c1ccc(OCC(=O)NCc3ccc(Cl)cc3)cc1O2. The molecule has 0 radical (unpaired) electrons. The number of carbonyl (C=O) groups excluding carboxylic acids is 3. The van der Waals surface area contributed by atoms with Crippen LogP contribution >= 0.6 is 11.6 Å². The first kappa shape index (κ1) is 22.1. The lowest BCUT2D eigenvalue weighted by atomic mass is 9.82. The number of likely N-dealkylation sites (tertiary alicyclic amines) is 1. The number of hydrogen-bond acceptors (Lipinski definition) is 5. The van der Waals surface area contributed by atoms with E-state index in [0.29, 0.717) is 61.0 Å².